The number of rotatable bonds is 4. The summed E-state index contributed by atoms with van der Waals surface area (Å²) in [5.74, 6) is 0.901. The van der Waals surface area contributed by atoms with E-state index >= 15 is 0 Å². The zero-order valence-corrected chi connectivity index (χ0v) is 12.2. The first kappa shape index (κ1) is 13.6. The van der Waals surface area contributed by atoms with Gasteiger partial charge in [0.15, 0.2) is 0 Å². The predicted molar refractivity (Wildman–Crippen MR) is 71.5 cm³/mol. The fourth-order valence-corrected chi connectivity index (χ4v) is 2.23. The Bertz CT molecular complexity index is 415. The Morgan fingerprint density at radius 2 is 2.12 bits per heavy atom. The lowest BCUT2D eigenvalue weighted by atomic mass is 10.1. The molecule has 0 bridgehead atoms. The van der Waals surface area contributed by atoms with Gasteiger partial charge in [-0.05, 0) is 34.9 Å². The van der Waals surface area contributed by atoms with Crippen LogP contribution in [-0.4, -0.2) is 17.1 Å². The molecule has 4 nitrogen and oxygen atoms in total. The lowest BCUT2D eigenvalue weighted by Crippen LogP contribution is -2.22. The van der Waals surface area contributed by atoms with Gasteiger partial charge >= 0.3 is 0 Å². The van der Waals surface area contributed by atoms with E-state index in [2.05, 4.69) is 9.97 Å². The number of aryl methyl sites for hydroxylation is 1. The first-order chi connectivity index (χ1) is 7.51. The molecule has 0 saturated heterocycles. The smallest absolute Gasteiger partial charge is 0.264 e. The van der Waals surface area contributed by atoms with E-state index < -0.39 is 0 Å². The number of nitrogens with zero attached hydrogens (tertiary/aromatic N) is 1. The van der Waals surface area contributed by atoms with E-state index in [1.54, 1.807) is 7.11 Å². The van der Waals surface area contributed by atoms with Gasteiger partial charge in [-0.25, -0.2) is 4.98 Å². The largest absolute Gasteiger partial charge is 0.373 e. The number of nitrogens with one attached hydrogen (secondary N) is 1. The molecule has 1 heterocycles. The van der Waals surface area contributed by atoms with Crippen LogP contribution in [0.1, 0.15) is 38.4 Å². The van der Waals surface area contributed by atoms with Crippen molar-refractivity contribution in [2.75, 3.05) is 7.11 Å². The van der Waals surface area contributed by atoms with E-state index in [0.717, 1.165) is 12.1 Å². The summed E-state index contributed by atoms with van der Waals surface area (Å²) < 4.78 is 6.03. The highest BCUT2D eigenvalue weighted by atomic mass is 127. The number of H-pyrrole nitrogens is 1. The minimum atomic E-state index is -0.157. The first-order valence-corrected chi connectivity index (χ1v) is 6.40. The van der Waals surface area contributed by atoms with Crippen molar-refractivity contribution in [1.82, 2.24) is 9.97 Å². The Morgan fingerprint density at radius 1 is 1.50 bits per heavy atom. The second-order valence-corrected chi connectivity index (χ2v) is 5.04. The Morgan fingerprint density at radius 3 is 2.56 bits per heavy atom. The molecule has 0 aliphatic heterocycles. The van der Waals surface area contributed by atoms with Crippen LogP contribution in [0.4, 0.5) is 0 Å². The van der Waals surface area contributed by atoms with Crippen LogP contribution in [0.15, 0.2) is 4.79 Å². The summed E-state index contributed by atoms with van der Waals surface area (Å²) in [5.41, 5.74) is 0.757. The topological polar surface area (TPSA) is 55.0 Å². The minimum Gasteiger partial charge on any atom is -0.373 e. The van der Waals surface area contributed by atoms with Gasteiger partial charge in [-0.3, -0.25) is 4.79 Å². The molecule has 0 fully saturated rings. The van der Waals surface area contributed by atoms with Gasteiger partial charge in [0, 0.05) is 7.11 Å². The van der Waals surface area contributed by atoms with Crippen molar-refractivity contribution < 1.29 is 4.74 Å². The van der Waals surface area contributed by atoms with Gasteiger partial charge in [-0.1, -0.05) is 20.8 Å². The zero-order chi connectivity index (χ0) is 12.3. The molecule has 0 saturated carbocycles. The van der Waals surface area contributed by atoms with Crippen molar-refractivity contribution in [3.05, 3.63) is 25.4 Å². The van der Waals surface area contributed by atoms with Gasteiger partial charge in [0.05, 0.1) is 9.26 Å². The van der Waals surface area contributed by atoms with E-state index in [0.29, 0.717) is 9.39 Å². The third kappa shape index (κ3) is 2.82. The lowest BCUT2D eigenvalue weighted by Gasteiger charge is -2.18. The highest BCUT2D eigenvalue weighted by Gasteiger charge is 2.19. The van der Waals surface area contributed by atoms with E-state index in [4.69, 9.17) is 4.74 Å². The van der Waals surface area contributed by atoms with Crippen LogP contribution in [0.3, 0.4) is 0 Å². The summed E-state index contributed by atoms with van der Waals surface area (Å²) in [6.07, 6.45) is 0.596. The molecule has 0 aromatic carbocycles. The number of hydrogen-bond acceptors (Lipinski definition) is 3. The molecular formula is C11H17IN2O2. The van der Waals surface area contributed by atoms with Crippen molar-refractivity contribution in [2.24, 2.45) is 5.92 Å². The van der Waals surface area contributed by atoms with Gasteiger partial charge in [-0.2, -0.15) is 0 Å². The molecule has 90 valence electrons. The van der Waals surface area contributed by atoms with Crippen molar-refractivity contribution in [1.29, 1.82) is 0 Å². The molecule has 1 aromatic rings. The summed E-state index contributed by atoms with van der Waals surface area (Å²) in [6, 6.07) is 0. The summed E-state index contributed by atoms with van der Waals surface area (Å²) in [7, 11) is 1.63. The molecule has 0 spiro atoms. The maximum atomic E-state index is 11.7. The maximum absolute atomic E-state index is 11.7. The average molecular weight is 336 g/mol. The van der Waals surface area contributed by atoms with E-state index in [9.17, 15) is 4.79 Å². The van der Waals surface area contributed by atoms with Crippen molar-refractivity contribution in [3.63, 3.8) is 0 Å². The Kier molecular flexibility index (Phi) is 4.91. The molecule has 16 heavy (non-hydrogen) atoms. The first-order valence-electron chi connectivity index (χ1n) is 5.32. The number of hydrogen-bond donors (Lipinski definition) is 1. The number of methoxy groups -OCH3 is 1. The molecule has 0 aliphatic carbocycles. The number of halogens is 1. The monoisotopic (exact) mass is 336 g/mol. The molecule has 1 rings (SSSR count). The highest BCUT2D eigenvalue weighted by Crippen LogP contribution is 2.21. The second-order valence-electron chi connectivity index (χ2n) is 3.97. The molecule has 0 radical (unpaired) electrons. The summed E-state index contributed by atoms with van der Waals surface area (Å²) in [6.45, 7) is 6.07. The van der Waals surface area contributed by atoms with E-state index in [1.807, 2.05) is 43.4 Å². The predicted octanol–water partition coefficient (Wildman–Crippen LogP) is 2.28. The fraction of sp³-hybridized carbons (Fsp3) is 0.636. The van der Waals surface area contributed by atoms with Crippen LogP contribution in [0, 0.1) is 9.49 Å². The third-order valence-electron chi connectivity index (χ3n) is 2.41. The lowest BCUT2D eigenvalue weighted by molar-refractivity contribution is 0.0570. The van der Waals surface area contributed by atoms with Crippen LogP contribution >= 0.6 is 22.6 Å². The van der Waals surface area contributed by atoms with Gasteiger partial charge < -0.3 is 9.72 Å². The van der Waals surface area contributed by atoms with E-state index in [1.165, 1.54) is 0 Å². The van der Waals surface area contributed by atoms with Crippen LogP contribution in [0.5, 0.6) is 0 Å². The normalized spacial score (nSPS) is 13.1. The SMILES string of the molecule is CCc1nc(C(OC)C(C)C)[nH]c(=O)c1I. The zero-order valence-electron chi connectivity index (χ0n) is 10.0. The molecule has 1 unspecified atom stereocenters. The Labute approximate surface area is 109 Å². The van der Waals surface area contributed by atoms with E-state index in [-0.39, 0.29) is 17.6 Å². The van der Waals surface area contributed by atoms with Crippen molar-refractivity contribution >= 4 is 22.6 Å². The fourth-order valence-electron chi connectivity index (χ4n) is 1.59. The van der Waals surface area contributed by atoms with Crippen LogP contribution in [0.25, 0.3) is 0 Å². The summed E-state index contributed by atoms with van der Waals surface area (Å²) >= 11 is 2.03. The molecule has 1 aromatic heterocycles. The molecule has 0 aliphatic rings. The Hall–Kier alpha value is -0.430. The van der Waals surface area contributed by atoms with Crippen molar-refractivity contribution in [3.8, 4) is 0 Å². The standard InChI is InChI=1S/C11H17IN2O2/c1-5-7-8(12)11(15)14-10(13-7)9(16-4)6(2)3/h6,9H,5H2,1-4H3,(H,13,14,15). The van der Waals surface area contributed by atoms with Crippen LogP contribution in [-0.2, 0) is 11.2 Å². The molecule has 5 heteroatoms. The van der Waals surface area contributed by atoms with Crippen LogP contribution < -0.4 is 5.56 Å². The second kappa shape index (κ2) is 5.77. The van der Waals surface area contributed by atoms with Crippen LogP contribution in [0.2, 0.25) is 0 Å². The molecule has 1 N–H and O–H groups in total. The van der Waals surface area contributed by atoms with Gasteiger partial charge in [0.25, 0.3) is 5.56 Å². The quantitative estimate of drug-likeness (QED) is 0.859. The number of aromatic amines is 1. The van der Waals surface area contributed by atoms with Crippen molar-refractivity contribution in [2.45, 2.75) is 33.3 Å². The molecular weight excluding hydrogens is 319 g/mol. The van der Waals surface area contributed by atoms with Gasteiger partial charge in [0.2, 0.25) is 0 Å². The molecule has 0 amide bonds. The van der Waals surface area contributed by atoms with Gasteiger partial charge in [0.1, 0.15) is 11.9 Å². The molecule has 1 atom stereocenters. The highest BCUT2D eigenvalue weighted by molar-refractivity contribution is 14.1. The maximum Gasteiger partial charge on any atom is 0.264 e. The van der Waals surface area contributed by atoms with Gasteiger partial charge in [-0.15, -0.1) is 0 Å². The summed E-state index contributed by atoms with van der Waals surface area (Å²) in [5, 5.41) is 0. The average Bonchev–Trinajstić information content (AvgIpc) is 2.23. The third-order valence-corrected chi connectivity index (χ3v) is 3.53. The summed E-state index contributed by atoms with van der Waals surface area (Å²) in [4.78, 5) is 18.9. The number of aromatic nitrogens is 2. The number of ether oxygens (including phenoxy) is 1. The Balaban J connectivity index is 3.24. The minimum absolute atomic E-state index is 0.0786.